The molecular formula is C30H34BrClF9NO2. The van der Waals surface area contributed by atoms with Gasteiger partial charge in [-0.05, 0) is 54.3 Å². The van der Waals surface area contributed by atoms with Gasteiger partial charge in [-0.3, -0.25) is 0 Å². The molecule has 1 aliphatic rings. The number of rotatable bonds is 5. The van der Waals surface area contributed by atoms with Crippen LogP contribution in [0, 0.1) is 0 Å². The number of hydrogen-bond acceptors (Lipinski definition) is 3. The van der Waals surface area contributed by atoms with Crippen LogP contribution in [0.1, 0.15) is 36.7 Å². The zero-order valence-electron chi connectivity index (χ0n) is 22.3. The second-order valence-corrected chi connectivity index (χ2v) is 10.5. The molecule has 1 heterocycles. The van der Waals surface area contributed by atoms with Crippen molar-refractivity contribution in [3.63, 3.8) is 0 Å². The van der Waals surface area contributed by atoms with Crippen molar-refractivity contribution in [2.45, 2.75) is 51.0 Å². The minimum absolute atomic E-state index is 0. The van der Waals surface area contributed by atoms with E-state index in [1.165, 1.54) is 30.3 Å². The molecule has 4 rings (SSSR count). The molecule has 0 radical (unpaired) electrons. The average Bonchev–Trinajstić information content (AvgIpc) is 2.93. The highest BCUT2D eigenvalue weighted by atomic mass is 79.9. The number of aliphatic hydroxyl groups is 1. The molecule has 2 N–H and O–H groups in total. The molecule has 44 heavy (non-hydrogen) atoms. The monoisotopic (exact) mass is 726 g/mol. The summed E-state index contributed by atoms with van der Waals surface area (Å²) in [4.78, 5) is 0. The van der Waals surface area contributed by atoms with Crippen LogP contribution in [0.4, 0.5) is 39.5 Å². The summed E-state index contributed by atoms with van der Waals surface area (Å²) in [6.07, 6.45) is -13.1. The minimum atomic E-state index is -4.35. The van der Waals surface area contributed by atoms with Crippen molar-refractivity contribution < 1.29 is 50.8 Å². The summed E-state index contributed by atoms with van der Waals surface area (Å²) in [5, 5.41) is 12.3. The zero-order valence-corrected chi connectivity index (χ0v) is 24.7. The van der Waals surface area contributed by atoms with Crippen LogP contribution < -0.4 is 5.32 Å². The third kappa shape index (κ3) is 14.6. The van der Waals surface area contributed by atoms with E-state index in [1.807, 2.05) is 0 Å². The Kier molecular flexibility index (Phi) is 16.2. The minimum Gasteiger partial charge on any atom is -0.392 e. The fraction of sp³-hybridized carbons (Fsp3) is 0.400. The molecule has 3 nitrogen and oxygen atoms in total. The van der Waals surface area contributed by atoms with E-state index in [1.54, 1.807) is 12.1 Å². The Hall–Kier alpha value is -2.32. The predicted octanol–water partition coefficient (Wildman–Crippen LogP) is 9.43. The van der Waals surface area contributed by atoms with E-state index in [2.05, 4.69) is 21.2 Å². The maximum atomic E-state index is 12.5. The Balaban J connectivity index is 0.000000645. The Morgan fingerprint density at radius 3 is 1.73 bits per heavy atom. The summed E-state index contributed by atoms with van der Waals surface area (Å²) in [6.45, 7) is 2.11. The molecule has 3 aromatic rings. The largest absolute Gasteiger partial charge is 0.416 e. The van der Waals surface area contributed by atoms with Gasteiger partial charge in [0.2, 0.25) is 0 Å². The van der Waals surface area contributed by atoms with Crippen molar-refractivity contribution in [1.82, 2.24) is 5.32 Å². The van der Waals surface area contributed by atoms with Gasteiger partial charge in [0.25, 0.3) is 0 Å². The highest BCUT2D eigenvalue weighted by molar-refractivity contribution is 9.10. The van der Waals surface area contributed by atoms with Gasteiger partial charge in [-0.1, -0.05) is 65.8 Å². The zero-order chi connectivity index (χ0) is 32.3. The van der Waals surface area contributed by atoms with E-state index in [0.29, 0.717) is 35.2 Å². The van der Waals surface area contributed by atoms with Crippen molar-refractivity contribution in [3.8, 4) is 0 Å². The van der Waals surface area contributed by atoms with Gasteiger partial charge in [0.15, 0.2) is 0 Å². The first-order valence-corrected chi connectivity index (χ1v) is 14.0. The molecule has 1 aliphatic heterocycles. The van der Waals surface area contributed by atoms with Crippen LogP contribution in [0.2, 0.25) is 0 Å². The van der Waals surface area contributed by atoms with Gasteiger partial charge in [-0.25, -0.2) is 0 Å². The molecular weight excluding hydrogens is 693 g/mol. The van der Waals surface area contributed by atoms with Crippen LogP contribution in [-0.2, 0) is 36.1 Å². The molecule has 1 fully saturated rings. The number of halogens is 11. The molecule has 14 heteroatoms. The van der Waals surface area contributed by atoms with Crippen LogP contribution in [0.5, 0.6) is 0 Å². The Morgan fingerprint density at radius 2 is 1.30 bits per heavy atom. The van der Waals surface area contributed by atoms with Crippen molar-refractivity contribution >= 4 is 27.5 Å². The molecule has 0 spiro atoms. The van der Waals surface area contributed by atoms with Crippen molar-refractivity contribution in [1.29, 1.82) is 0 Å². The molecule has 3 aromatic carbocycles. The Morgan fingerprint density at radius 1 is 0.818 bits per heavy atom. The first-order valence-electron chi connectivity index (χ1n) is 12.7. The number of benzene rings is 3. The molecule has 248 valence electrons. The summed E-state index contributed by atoms with van der Waals surface area (Å²) in [5.41, 5.74) is -0.848. The SMILES string of the molecule is C.FC(F)(F)c1cccc(Br)c1.FC(F)(F)c1cccc(C[C@@H]2CNCCO2)c1.O[C@@H](CCl)Cc1cccc(C(F)(F)F)c1.[2HH]. The first kappa shape index (κ1) is 39.7. The van der Waals surface area contributed by atoms with E-state index in [-0.39, 0.29) is 27.3 Å². The fourth-order valence-electron chi connectivity index (χ4n) is 3.75. The smallest absolute Gasteiger partial charge is 0.392 e. The van der Waals surface area contributed by atoms with Gasteiger partial charge in [0, 0.05) is 24.9 Å². The van der Waals surface area contributed by atoms with Crippen molar-refractivity contribution in [3.05, 3.63) is 105 Å². The molecule has 0 aromatic heterocycles. The van der Waals surface area contributed by atoms with Gasteiger partial charge in [-0.15, -0.1) is 11.6 Å². The third-order valence-corrected chi connectivity index (χ3v) is 6.63. The summed E-state index contributed by atoms with van der Waals surface area (Å²) in [5.74, 6) is 0.0102. The van der Waals surface area contributed by atoms with Gasteiger partial charge < -0.3 is 15.2 Å². The van der Waals surface area contributed by atoms with Crippen LogP contribution in [-0.4, -0.2) is 42.9 Å². The molecule has 1 saturated heterocycles. The number of aliphatic hydroxyl groups excluding tert-OH is 1. The van der Waals surface area contributed by atoms with E-state index in [4.69, 9.17) is 16.3 Å². The summed E-state index contributed by atoms with van der Waals surface area (Å²) in [7, 11) is 0. The lowest BCUT2D eigenvalue weighted by Gasteiger charge is -2.23. The third-order valence-electron chi connectivity index (χ3n) is 5.78. The molecule has 0 amide bonds. The highest BCUT2D eigenvalue weighted by Gasteiger charge is 2.32. The molecule has 0 saturated carbocycles. The summed E-state index contributed by atoms with van der Waals surface area (Å²) in [6, 6.07) is 15.3. The number of morpholine rings is 1. The molecule has 0 aliphatic carbocycles. The Labute approximate surface area is 265 Å². The lowest BCUT2D eigenvalue weighted by molar-refractivity contribution is -0.138. The average molecular weight is 728 g/mol. The second kappa shape index (κ2) is 18.0. The molecule has 0 bridgehead atoms. The lowest BCUT2D eigenvalue weighted by Crippen LogP contribution is -2.39. The summed E-state index contributed by atoms with van der Waals surface area (Å²) < 4.78 is 116. The quantitative estimate of drug-likeness (QED) is 0.203. The first-order chi connectivity index (χ1) is 20.0. The Bertz CT molecular complexity index is 1270. The van der Waals surface area contributed by atoms with Crippen LogP contribution >= 0.6 is 27.5 Å². The van der Waals surface area contributed by atoms with E-state index in [9.17, 15) is 44.6 Å². The number of hydrogen-bond donors (Lipinski definition) is 2. The van der Waals surface area contributed by atoms with Crippen molar-refractivity contribution in [2.24, 2.45) is 0 Å². The summed E-state index contributed by atoms with van der Waals surface area (Å²) >= 11 is 8.31. The molecule has 2 atom stereocenters. The topological polar surface area (TPSA) is 41.5 Å². The predicted molar refractivity (Wildman–Crippen MR) is 158 cm³/mol. The second-order valence-electron chi connectivity index (χ2n) is 9.32. The van der Waals surface area contributed by atoms with E-state index >= 15 is 0 Å². The van der Waals surface area contributed by atoms with Gasteiger partial charge in [-0.2, -0.15) is 39.5 Å². The maximum absolute atomic E-state index is 12.5. The number of nitrogens with one attached hydrogen (secondary N) is 1. The van der Waals surface area contributed by atoms with Gasteiger partial charge >= 0.3 is 18.5 Å². The number of ether oxygens (including phenoxy) is 1. The number of alkyl halides is 10. The van der Waals surface area contributed by atoms with E-state index < -0.39 is 41.3 Å². The van der Waals surface area contributed by atoms with Crippen molar-refractivity contribution in [2.75, 3.05) is 25.6 Å². The maximum Gasteiger partial charge on any atom is 0.416 e. The standard InChI is InChI=1S/C12H14F3NO.C10H10ClF3O.C7H4BrF3.CH4.H2/c13-12(14,15)10-3-1-2-9(6-10)7-11-8-16-4-5-17-11;11-6-9(15)5-7-2-1-3-8(4-7)10(12,13)14;8-6-3-1-2-5(4-6)7(9,10)11;;/h1-3,6,11,16H,4-5,7-8H2;1-4,9,15H,5-6H2;1-4H;1H4;1H/t11-;9-;;;/m11.../s1/i;;;;1+1. The van der Waals surface area contributed by atoms with Gasteiger partial charge in [0.05, 0.1) is 35.5 Å². The van der Waals surface area contributed by atoms with Gasteiger partial charge in [0.1, 0.15) is 0 Å². The van der Waals surface area contributed by atoms with Crippen LogP contribution in [0.3, 0.4) is 0 Å². The molecule has 0 unspecified atom stereocenters. The van der Waals surface area contributed by atoms with E-state index in [0.717, 1.165) is 36.9 Å². The normalized spacial score (nSPS) is 16.0. The van der Waals surface area contributed by atoms with Crippen LogP contribution in [0.25, 0.3) is 0 Å². The van der Waals surface area contributed by atoms with Crippen LogP contribution in [0.15, 0.2) is 77.3 Å². The lowest BCUT2D eigenvalue weighted by atomic mass is 10.0. The highest BCUT2D eigenvalue weighted by Crippen LogP contribution is 2.32. The fourth-order valence-corrected chi connectivity index (χ4v) is 4.26.